The van der Waals surface area contributed by atoms with Crippen molar-refractivity contribution in [3.05, 3.63) is 35.4 Å². The first-order chi connectivity index (χ1) is 11.2. The summed E-state index contributed by atoms with van der Waals surface area (Å²) in [6.07, 6.45) is -1.78. The summed E-state index contributed by atoms with van der Waals surface area (Å²) in [4.78, 5) is 2.23. The van der Waals surface area contributed by atoms with E-state index in [1.54, 1.807) is 0 Å². The number of rotatable bonds is 3. The number of nitrogens with zero attached hydrogens (tertiary/aromatic N) is 1. The van der Waals surface area contributed by atoms with Crippen LogP contribution in [0.5, 0.6) is 0 Å². The van der Waals surface area contributed by atoms with Gasteiger partial charge in [0.05, 0.1) is 17.3 Å². The van der Waals surface area contributed by atoms with Crippen LogP contribution >= 0.6 is 0 Å². The lowest BCUT2D eigenvalue weighted by molar-refractivity contribution is -0.137. The molecule has 0 bridgehead atoms. The van der Waals surface area contributed by atoms with Crippen molar-refractivity contribution >= 4 is 0 Å². The molecule has 2 aliphatic heterocycles. The van der Waals surface area contributed by atoms with Crippen molar-refractivity contribution in [3.8, 4) is 0 Å². The largest absolute Gasteiger partial charge is 0.416 e. The minimum atomic E-state index is -4.31. The number of ether oxygens (including phenoxy) is 1. The molecule has 2 fully saturated rings. The highest BCUT2D eigenvalue weighted by molar-refractivity contribution is 5.26. The number of benzene rings is 1. The molecule has 3 atom stereocenters. The molecule has 0 spiro atoms. The number of aliphatic hydroxyl groups is 1. The van der Waals surface area contributed by atoms with E-state index in [4.69, 9.17) is 4.74 Å². The van der Waals surface area contributed by atoms with Crippen LogP contribution in [0.2, 0.25) is 0 Å². The molecule has 24 heavy (non-hydrogen) atoms. The van der Waals surface area contributed by atoms with Gasteiger partial charge in [-0.25, -0.2) is 0 Å². The summed E-state index contributed by atoms with van der Waals surface area (Å²) in [5, 5.41) is 10.1. The second kappa shape index (κ2) is 6.65. The van der Waals surface area contributed by atoms with Gasteiger partial charge in [0.15, 0.2) is 0 Å². The molecule has 1 N–H and O–H groups in total. The minimum Gasteiger partial charge on any atom is -0.389 e. The van der Waals surface area contributed by atoms with Gasteiger partial charge < -0.3 is 9.84 Å². The van der Waals surface area contributed by atoms with Crippen molar-refractivity contribution in [3.63, 3.8) is 0 Å². The first kappa shape index (κ1) is 17.7. The second-order valence-corrected chi connectivity index (χ2v) is 7.30. The molecule has 6 heteroatoms. The molecule has 134 valence electrons. The van der Waals surface area contributed by atoms with Gasteiger partial charge >= 0.3 is 6.18 Å². The van der Waals surface area contributed by atoms with Gasteiger partial charge in [0, 0.05) is 32.2 Å². The highest BCUT2D eigenvalue weighted by Crippen LogP contribution is 2.37. The Bertz CT molecular complexity index is 556. The molecule has 0 aliphatic carbocycles. The number of likely N-dealkylation sites (tertiary alicyclic amines) is 1. The van der Waals surface area contributed by atoms with Gasteiger partial charge in [-0.05, 0) is 43.9 Å². The van der Waals surface area contributed by atoms with E-state index in [1.807, 2.05) is 6.92 Å². The van der Waals surface area contributed by atoms with E-state index in [2.05, 4.69) is 4.90 Å². The number of halogens is 3. The van der Waals surface area contributed by atoms with Gasteiger partial charge in [-0.2, -0.15) is 13.2 Å². The third-order valence-corrected chi connectivity index (χ3v) is 5.03. The molecule has 1 aromatic rings. The molecule has 3 rings (SSSR count). The third-order valence-electron chi connectivity index (χ3n) is 5.03. The van der Waals surface area contributed by atoms with Gasteiger partial charge in [0.2, 0.25) is 0 Å². The lowest BCUT2D eigenvalue weighted by Crippen LogP contribution is -2.36. The Balaban J connectivity index is 1.70. The molecule has 3 nitrogen and oxygen atoms in total. The van der Waals surface area contributed by atoms with E-state index in [-0.39, 0.29) is 12.0 Å². The molecule has 0 unspecified atom stereocenters. The Morgan fingerprint density at radius 3 is 2.58 bits per heavy atom. The monoisotopic (exact) mass is 343 g/mol. The minimum absolute atomic E-state index is 0.174. The first-order valence-electron chi connectivity index (χ1n) is 8.48. The van der Waals surface area contributed by atoms with E-state index in [0.717, 1.165) is 50.0 Å². The Morgan fingerprint density at radius 2 is 2.00 bits per heavy atom. The topological polar surface area (TPSA) is 32.7 Å². The lowest BCUT2D eigenvalue weighted by Gasteiger charge is -2.35. The van der Waals surface area contributed by atoms with Crippen molar-refractivity contribution in [2.45, 2.75) is 44.1 Å². The number of alkyl halides is 3. The predicted octanol–water partition coefficient (Wildman–Crippen LogP) is 3.63. The summed E-state index contributed by atoms with van der Waals surface area (Å²) >= 11 is 0. The van der Waals surface area contributed by atoms with E-state index in [9.17, 15) is 18.3 Å². The van der Waals surface area contributed by atoms with Crippen LogP contribution in [0.3, 0.4) is 0 Å². The summed E-state index contributed by atoms with van der Waals surface area (Å²) in [5.74, 6) is 0.240. The Morgan fingerprint density at radius 1 is 1.29 bits per heavy atom. The zero-order valence-corrected chi connectivity index (χ0v) is 13.9. The van der Waals surface area contributed by atoms with E-state index in [1.165, 1.54) is 12.1 Å². The highest BCUT2D eigenvalue weighted by atomic mass is 19.4. The smallest absolute Gasteiger partial charge is 0.389 e. The fourth-order valence-electron chi connectivity index (χ4n) is 3.79. The van der Waals surface area contributed by atoms with Crippen molar-refractivity contribution < 1.29 is 23.0 Å². The van der Waals surface area contributed by atoms with Crippen molar-refractivity contribution in [1.82, 2.24) is 4.90 Å². The summed E-state index contributed by atoms with van der Waals surface area (Å²) in [6, 6.07) is 5.33. The molecule has 2 aliphatic rings. The zero-order chi connectivity index (χ0) is 17.4. The van der Waals surface area contributed by atoms with Crippen LogP contribution in [0, 0.1) is 5.92 Å². The van der Waals surface area contributed by atoms with Crippen LogP contribution in [-0.2, 0) is 10.9 Å². The quantitative estimate of drug-likeness (QED) is 0.910. The summed E-state index contributed by atoms with van der Waals surface area (Å²) < 4.78 is 44.1. The standard InChI is InChI=1S/C18H24F3NO2/c1-17(23)8-9-22(12-17)11-14-3-2-10-24-16(14)13-4-6-15(7-5-13)18(19,20)21/h4-7,14,16,23H,2-3,8-12H2,1H3/t14-,16-,17+/m0/s1. The normalized spacial score (nSPS) is 32.2. The third kappa shape index (κ3) is 4.10. The van der Waals surface area contributed by atoms with Crippen molar-refractivity contribution in [1.29, 1.82) is 0 Å². The Labute approximate surface area is 140 Å². The summed E-state index contributed by atoms with van der Waals surface area (Å²) in [6.45, 7) is 4.78. The van der Waals surface area contributed by atoms with Gasteiger partial charge in [-0.15, -0.1) is 0 Å². The SMILES string of the molecule is C[C@@]1(O)CCN(C[C@@H]2CCCO[C@H]2c2ccc(C(F)(F)F)cc2)C1. The lowest BCUT2D eigenvalue weighted by atomic mass is 9.88. The van der Waals surface area contributed by atoms with Gasteiger partial charge in [0.25, 0.3) is 0 Å². The maximum Gasteiger partial charge on any atom is 0.416 e. The fraction of sp³-hybridized carbons (Fsp3) is 0.667. The molecule has 1 aromatic carbocycles. The zero-order valence-electron chi connectivity index (χ0n) is 13.9. The average molecular weight is 343 g/mol. The number of β-amino-alcohol motifs (C(OH)–C–C–N with tert-alkyl or cyclic N) is 1. The second-order valence-electron chi connectivity index (χ2n) is 7.30. The Kier molecular flexibility index (Phi) is 4.91. The van der Waals surface area contributed by atoms with Gasteiger partial charge in [-0.1, -0.05) is 12.1 Å². The molecular formula is C18H24F3NO2. The first-order valence-corrected chi connectivity index (χ1v) is 8.48. The number of hydrogen-bond donors (Lipinski definition) is 1. The molecule has 0 aromatic heterocycles. The maximum atomic E-state index is 12.7. The summed E-state index contributed by atoms with van der Waals surface area (Å²) in [5.41, 5.74) is -0.466. The fourth-order valence-corrected chi connectivity index (χ4v) is 3.79. The summed E-state index contributed by atoms with van der Waals surface area (Å²) in [7, 11) is 0. The van der Waals surface area contributed by atoms with Crippen LogP contribution in [0.1, 0.15) is 43.4 Å². The highest BCUT2D eigenvalue weighted by Gasteiger charge is 2.36. The molecular weight excluding hydrogens is 319 g/mol. The number of hydrogen-bond acceptors (Lipinski definition) is 3. The average Bonchev–Trinajstić information content (AvgIpc) is 2.86. The van der Waals surface area contributed by atoms with Gasteiger partial charge in [-0.3, -0.25) is 4.90 Å². The molecule has 2 saturated heterocycles. The molecule has 0 radical (unpaired) electrons. The van der Waals surface area contributed by atoms with Crippen LogP contribution in [-0.4, -0.2) is 41.8 Å². The van der Waals surface area contributed by atoms with E-state index in [0.29, 0.717) is 13.2 Å². The van der Waals surface area contributed by atoms with Gasteiger partial charge in [0.1, 0.15) is 0 Å². The molecule has 0 amide bonds. The molecule has 0 saturated carbocycles. The van der Waals surface area contributed by atoms with Crippen LogP contribution < -0.4 is 0 Å². The van der Waals surface area contributed by atoms with Crippen LogP contribution in [0.4, 0.5) is 13.2 Å². The molecule has 2 heterocycles. The van der Waals surface area contributed by atoms with Crippen LogP contribution in [0.15, 0.2) is 24.3 Å². The van der Waals surface area contributed by atoms with E-state index >= 15 is 0 Å². The van der Waals surface area contributed by atoms with Crippen molar-refractivity contribution in [2.24, 2.45) is 5.92 Å². The van der Waals surface area contributed by atoms with Crippen LogP contribution in [0.25, 0.3) is 0 Å². The maximum absolute atomic E-state index is 12.7. The van der Waals surface area contributed by atoms with Crippen molar-refractivity contribution in [2.75, 3.05) is 26.2 Å². The Hall–Kier alpha value is -1.11. The predicted molar refractivity (Wildman–Crippen MR) is 84.5 cm³/mol. The van der Waals surface area contributed by atoms with E-state index < -0.39 is 17.3 Å².